The van der Waals surface area contributed by atoms with Gasteiger partial charge in [-0.3, -0.25) is 9.67 Å². The van der Waals surface area contributed by atoms with E-state index in [4.69, 9.17) is 28.2 Å². The third kappa shape index (κ3) is 4.18. The zero-order valence-corrected chi connectivity index (χ0v) is 16.3. The third-order valence-corrected chi connectivity index (χ3v) is 5.37. The summed E-state index contributed by atoms with van der Waals surface area (Å²) in [6.07, 6.45) is 3.80. The van der Waals surface area contributed by atoms with Crippen molar-refractivity contribution in [3.63, 3.8) is 0 Å². The monoisotopic (exact) mass is 398 g/mol. The van der Waals surface area contributed by atoms with Gasteiger partial charge in [-0.05, 0) is 29.3 Å². The van der Waals surface area contributed by atoms with E-state index in [-0.39, 0.29) is 5.92 Å². The zero-order valence-electron chi connectivity index (χ0n) is 14.8. The minimum Gasteiger partial charge on any atom is -0.354 e. The van der Waals surface area contributed by atoms with E-state index in [0.717, 1.165) is 37.6 Å². The molecule has 1 aliphatic rings. The number of halogens is 2. The highest BCUT2D eigenvalue weighted by molar-refractivity contribution is 6.35. The Labute approximate surface area is 169 Å². The lowest BCUT2D eigenvalue weighted by atomic mass is 9.97. The molecule has 0 spiro atoms. The molecule has 1 aromatic heterocycles. The average Bonchev–Trinajstić information content (AvgIpc) is 3.35. The molecule has 0 aliphatic carbocycles. The number of amidine groups is 1. The maximum Gasteiger partial charge on any atom is 0.109 e. The molecule has 6 heteroatoms. The van der Waals surface area contributed by atoms with Gasteiger partial charge < -0.3 is 4.90 Å². The molecule has 0 radical (unpaired) electrons. The summed E-state index contributed by atoms with van der Waals surface area (Å²) in [6.45, 7) is 3.15. The molecule has 4 rings (SSSR count). The second kappa shape index (κ2) is 8.15. The summed E-state index contributed by atoms with van der Waals surface area (Å²) in [4.78, 5) is 7.17. The highest BCUT2D eigenvalue weighted by Crippen LogP contribution is 2.28. The Morgan fingerprint density at radius 2 is 1.89 bits per heavy atom. The number of benzene rings is 2. The summed E-state index contributed by atoms with van der Waals surface area (Å²) in [5.41, 5.74) is 2.29. The summed E-state index contributed by atoms with van der Waals surface area (Å²) in [7, 11) is 0. The molecule has 0 saturated carbocycles. The van der Waals surface area contributed by atoms with Gasteiger partial charge in [0, 0.05) is 35.5 Å². The van der Waals surface area contributed by atoms with Gasteiger partial charge in [0.05, 0.1) is 19.0 Å². The number of hydrogen-bond donors (Lipinski definition) is 0. The number of nitrogens with zero attached hydrogens (tertiary/aromatic N) is 4. The second-order valence-corrected chi connectivity index (χ2v) is 7.43. The van der Waals surface area contributed by atoms with Crippen molar-refractivity contribution in [3.8, 4) is 0 Å². The summed E-state index contributed by atoms with van der Waals surface area (Å²) in [6, 6.07) is 18.1. The SMILES string of the molecule is Clc1ccc(CN2CCN=C2C(Cn2cccn2)c2ccccc2)c(Cl)c1. The molecule has 0 fully saturated rings. The normalized spacial score (nSPS) is 15.0. The largest absolute Gasteiger partial charge is 0.354 e. The van der Waals surface area contributed by atoms with Crippen molar-refractivity contribution in [2.45, 2.75) is 19.0 Å². The lowest BCUT2D eigenvalue weighted by Crippen LogP contribution is -2.33. The fourth-order valence-corrected chi connectivity index (χ4v) is 3.93. The van der Waals surface area contributed by atoms with Gasteiger partial charge in [0.15, 0.2) is 0 Å². The first-order valence-corrected chi connectivity index (χ1v) is 9.72. The molecule has 1 atom stereocenters. The molecule has 2 aromatic carbocycles. The maximum atomic E-state index is 6.40. The molecule has 2 heterocycles. The summed E-state index contributed by atoms with van der Waals surface area (Å²) in [5.74, 6) is 1.22. The van der Waals surface area contributed by atoms with Crippen molar-refractivity contribution >= 4 is 29.0 Å². The topological polar surface area (TPSA) is 33.4 Å². The molecule has 0 saturated heterocycles. The molecule has 27 heavy (non-hydrogen) atoms. The van der Waals surface area contributed by atoms with E-state index in [9.17, 15) is 0 Å². The van der Waals surface area contributed by atoms with Crippen LogP contribution >= 0.6 is 23.2 Å². The molecule has 1 aliphatic heterocycles. The smallest absolute Gasteiger partial charge is 0.109 e. The van der Waals surface area contributed by atoms with Crippen molar-refractivity contribution < 1.29 is 0 Å². The van der Waals surface area contributed by atoms with Gasteiger partial charge in [-0.25, -0.2) is 0 Å². The molecule has 0 bridgehead atoms. The summed E-state index contributed by atoms with van der Waals surface area (Å²) in [5, 5.41) is 5.74. The number of aromatic nitrogens is 2. The van der Waals surface area contributed by atoms with Crippen LogP contribution in [0.15, 0.2) is 72.0 Å². The van der Waals surface area contributed by atoms with Crippen molar-refractivity contribution in [1.82, 2.24) is 14.7 Å². The zero-order chi connectivity index (χ0) is 18.6. The Morgan fingerprint density at radius 1 is 1.04 bits per heavy atom. The molecule has 138 valence electrons. The number of aliphatic imine (C=N–C) groups is 1. The second-order valence-electron chi connectivity index (χ2n) is 6.59. The Balaban J connectivity index is 1.62. The van der Waals surface area contributed by atoms with Crippen LogP contribution in [-0.4, -0.2) is 33.6 Å². The Bertz CT molecular complexity index is 923. The fraction of sp³-hybridized carbons (Fsp3) is 0.238. The van der Waals surface area contributed by atoms with Crippen LogP contribution in [0.2, 0.25) is 10.0 Å². The van der Waals surface area contributed by atoms with Crippen LogP contribution in [0.5, 0.6) is 0 Å². The van der Waals surface area contributed by atoms with Gasteiger partial charge in [0.2, 0.25) is 0 Å². The summed E-state index contributed by atoms with van der Waals surface area (Å²) >= 11 is 12.4. The van der Waals surface area contributed by atoms with Crippen molar-refractivity contribution in [1.29, 1.82) is 0 Å². The van der Waals surface area contributed by atoms with E-state index >= 15 is 0 Å². The van der Waals surface area contributed by atoms with E-state index in [1.807, 2.05) is 41.3 Å². The molecule has 3 aromatic rings. The van der Waals surface area contributed by atoms with Crippen LogP contribution in [0.25, 0.3) is 0 Å². The van der Waals surface area contributed by atoms with Crippen molar-refractivity contribution in [2.24, 2.45) is 4.99 Å². The lowest BCUT2D eigenvalue weighted by Gasteiger charge is -2.27. The van der Waals surface area contributed by atoms with E-state index in [1.165, 1.54) is 5.56 Å². The van der Waals surface area contributed by atoms with Gasteiger partial charge >= 0.3 is 0 Å². The van der Waals surface area contributed by atoms with Gasteiger partial charge in [-0.1, -0.05) is 59.6 Å². The Morgan fingerprint density at radius 3 is 2.63 bits per heavy atom. The van der Waals surface area contributed by atoms with Crippen LogP contribution in [0.1, 0.15) is 17.0 Å². The fourth-order valence-electron chi connectivity index (χ4n) is 3.46. The quantitative estimate of drug-likeness (QED) is 0.592. The molecule has 1 unspecified atom stereocenters. The van der Waals surface area contributed by atoms with E-state index < -0.39 is 0 Å². The third-order valence-electron chi connectivity index (χ3n) is 4.79. The maximum absolute atomic E-state index is 6.40. The van der Waals surface area contributed by atoms with Gasteiger partial charge in [-0.15, -0.1) is 0 Å². The van der Waals surface area contributed by atoms with Crippen LogP contribution < -0.4 is 0 Å². The average molecular weight is 399 g/mol. The Hall–Kier alpha value is -2.30. The molecule has 4 nitrogen and oxygen atoms in total. The van der Waals surface area contributed by atoms with Crippen LogP contribution in [0, 0.1) is 0 Å². The van der Waals surface area contributed by atoms with Gasteiger partial charge in [-0.2, -0.15) is 5.10 Å². The van der Waals surface area contributed by atoms with E-state index in [2.05, 4.69) is 34.3 Å². The molecular formula is C21H20Cl2N4. The predicted octanol–water partition coefficient (Wildman–Crippen LogP) is 4.89. The highest BCUT2D eigenvalue weighted by Gasteiger charge is 2.28. The number of rotatable bonds is 6. The molecule has 0 amide bonds. The van der Waals surface area contributed by atoms with Crippen LogP contribution in [-0.2, 0) is 13.1 Å². The van der Waals surface area contributed by atoms with E-state index in [0.29, 0.717) is 10.0 Å². The van der Waals surface area contributed by atoms with Gasteiger partial charge in [0.25, 0.3) is 0 Å². The first-order chi connectivity index (χ1) is 13.2. The summed E-state index contributed by atoms with van der Waals surface area (Å²) < 4.78 is 1.96. The van der Waals surface area contributed by atoms with E-state index in [1.54, 1.807) is 6.07 Å². The molecule has 0 N–H and O–H groups in total. The van der Waals surface area contributed by atoms with Crippen LogP contribution in [0.4, 0.5) is 0 Å². The standard InChI is InChI=1S/C21H20Cl2N4/c22-18-8-7-17(20(23)13-18)14-26-12-10-24-21(26)19(15-27-11-4-9-25-27)16-5-2-1-3-6-16/h1-9,11,13,19H,10,12,14-15H2. The van der Waals surface area contributed by atoms with Gasteiger partial charge in [0.1, 0.15) is 5.84 Å². The first kappa shape index (κ1) is 18.1. The highest BCUT2D eigenvalue weighted by atomic mass is 35.5. The Kier molecular flexibility index (Phi) is 5.46. The van der Waals surface area contributed by atoms with Crippen molar-refractivity contribution in [3.05, 3.63) is 88.2 Å². The van der Waals surface area contributed by atoms with Crippen molar-refractivity contribution in [2.75, 3.05) is 13.1 Å². The minimum absolute atomic E-state index is 0.139. The molecular weight excluding hydrogens is 379 g/mol. The number of hydrogen-bond acceptors (Lipinski definition) is 3. The first-order valence-electron chi connectivity index (χ1n) is 8.96. The lowest BCUT2D eigenvalue weighted by molar-refractivity contribution is 0.427. The minimum atomic E-state index is 0.139. The van der Waals surface area contributed by atoms with Crippen LogP contribution in [0.3, 0.4) is 0 Å². The predicted molar refractivity (Wildman–Crippen MR) is 111 cm³/mol.